The highest BCUT2D eigenvalue weighted by Crippen LogP contribution is 2.53. The first kappa shape index (κ1) is 29.4. The Labute approximate surface area is 264 Å². The van der Waals surface area contributed by atoms with Crippen LogP contribution in [0.1, 0.15) is 74.9 Å². The van der Waals surface area contributed by atoms with Crippen molar-refractivity contribution < 1.29 is 28.5 Å². The van der Waals surface area contributed by atoms with E-state index in [9.17, 15) is 4.79 Å². The minimum Gasteiger partial charge on any atom is -0.493 e. The molecule has 5 aliphatic heterocycles. The lowest BCUT2D eigenvalue weighted by Crippen LogP contribution is -2.43. The summed E-state index contributed by atoms with van der Waals surface area (Å²) in [7, 11) is 3.24. The molecule has 0 saturated carbocycles. The smallest absolute Gasteiger partial charge is 0.260 e. The van der Waals surface area contributed by atoms with Gasteiger partial charge < -0.3 is 33.5 Å². The van der Waals surface area contributed by atoms with Crippen LogP contribution in [0.25, 0.3) is 0 Å². The highest BCUT2D eigenvalue weighted by Gasteiger charge is 2.53. The van der Waals surface area contributed by atoms with Crippen molar-refractivity contribution in [3.8, 4) is 23.0 Å². The lowest BCUT2D eigenvalue weighted by molar-refractivity contribution is 0.0817. The molecule has 2 aromatic rings. The molecule has 0 bridgehead atoms. The summed E-state index contributed by atoms with van der Waals surface area (Å²) in [4.78, 5) is 26.8. The Balaban J connectivity index is 0.939. The Morgan fingerprint density at radius 3 is 2.33 bits per heavy atom. The monoisotopic (exact) mass is 612 g/mol. The van der Waals surface area contributed by atoms with Gasteiger partial charge in [0.15, 0.2) is 29.2 Å². The van der Waals surface area contributed by atoms with Crippen molar-refractivity contribution in [1.82, 2.24) is 9.80 Å². The minimum atomic E-state index is -0.189. The molecular formula is C35H40N4O6. The molecule has 10 heteroatoms. The van der Waals surface area contributed by atoms with Crippen molar-refractivity contribution in [2.24, 2.45) is 9.98 Å². The lowest BCUT2D eigenvalue weighted by Gasteiger charge is -2.33. The molecule has 10 nitrogen and oxygen atoms in total. The maximum atomic E-state index is 13.2. The molecule has 1 amide bonds. The minimum absolute atomic E-state index is 0.0112. The molecule has 1 fully saturated rings. The number of aliphatic imine (C=N–C) groups is 2. The average Bonchev–Trinajstić information content (AvgIpc) is 3.65. The van der Waals surface area contributed by atoms with E-state index in [2.05, 4.69) is 29.9 Å². The van der Waals surface area contributed by atoms with Crippen LogP contribution in [0.2, 0.25) is 0 Å². The normalized spacial score (nSPS) is 25.5. The second kappa shape index (κ2) is 11.6. The first-order valence-corrected chi connectivity index (χ1v) is 15.7. The van der Waals surface area contributed by atoms with Gasteiger partial charge in [-0.25, -0.2) is 0 Å². The van der Waals surface area contributed by atoms with E-state index in [1.54, 1.807) is 31.3 Å². The first-order valence-electron chi connectivity index (χ1n) is 15.7. The molecule has 2 aromatic carbocycles. The molecule has 4 atom stereocenters. The number of fused-ring (bicyclic) bond motifs is 7. The molecular weight excluding hydrogens is 572 g/mol. The highest BCUT2D eigenvalue weighted by atomic mass is 16.6. The second-order valence-corrected chi connectivity index (χ2v) is 12.7. The third-order valence-corrected chi connectivity index (χ3v) is 9.11. The fourth-order valence-electron chi connectivity index (χ4n) is 6.79. The molecule has 0 aromatic heterocycles. The van der Waals surface area contributed by atoms with Gasteiger partial charge in [-0.2, -0.15) is 0 Å². The summed E-state index contributed by atoms with van der Waals surface area (Å²) in [6, 6.07) is 7.47. The second-order valence-electron chi connectivity index (χ2n) is 12.7. The van der Waals surface area contributed by atoms with Gasteiger partial charge >= 0.3 is 0 Å². The van der Waals surface area contributed by atoms with E-state index in [0.29, 0.717) is 47.5 Å². The number of benzene rings is 2. The number of unbranched alkanes of at least 4 members (excludes halogenated alkanes) is 2. The number of carbonyl (C=O) groups is 1. The molecule has 0 spiro atoms. The molecule has 5 heterocycles. The van der Waals surface area contributed by atoms with E-state index in [4.69, 9.17) is 28.7 Å². The van der Waals surface area contributed by atoms with Crippen LogP contribution in [-0.4, -0.2) is 73.4 Å². The SMILES string of the molecule is COc1cc2c(cc1OCCCCCOc1cc3c(cc1OC)C1OC1N1C=C(C)C[C@@]1(C)C=N3)N=C[C@@H]1CC(C)=CN1C2=O. The Hall–Kier alpha value is -4.31. The van der Waals surface area contributed by atoms with Crippen LogP contribution in [0, 0.1) is 0 Å². The van der Waals surface area contributed by atoms with E-state index in [0.717, 1.165) is 48.9 Å². The van der Waals surface area contributed by atoms with Crippen molar-refractivity contribution in [2.45, 2.75) is 76.8 Å². The maximum Gasteiger partial charge on any atom is 0.260 e. The number of rotatable bonds is 10. The van der Waals surface area contributed by atoms with Crippen molar-refractivity contribution in [3.63, 3.8) is 0 Å². The van der Waals surface area contributed by atoms with Crippen molar-refractivity contribution in [3.05, 3.63) is 58.9 Å². The molecule has 5 aliphatic rings. The van der Waals surface area contributed by atoms with E-state index in [1.165, 1.54) is 5.57 Å². The number of epoxide rings is 1. The Morgan fingerprint density at radius 2 is 1.60 bits per heavy atom. The van der Waals surface area contributed by atoms with Gasteiger partial charge in [0.1, 0.15) is 6.10 Å². The Bertz CT molecular complexity index is 1650. The maximum absolute atomic E-state index is 13.2. The number of amides is 1. The molecule has 45 heavy (non-hydrogen) atoms. The van der Waals surface area contributed by atoms with Crippen LogP contribution in [0.5, 0.6) is 23.0 Å². The summed E-state index contributed by atoms with van der Waals surface area (Å²) in [5.41, 5.74) is 5.30. The topological polar surface area (TPSA) is 97.7 Å². The van der Waals surface area contributed by atoms with Gasteiger partial charge in [0.25, 0.3) is 5.91 Å². The van der Waals surface area contributed by atoms with Crippen LogP contribution in [0.15, 0.2) is 57.8 Å². The number of hydrogen-bond donors (Lipinski definition) is 0. The third-order valence-electron chi connectivity index (χ3n) is 9.11. The number of ether oxygens (including phenoxy) is 5. The number of methoxy groups -OCH3 is 2. The first-order chi connectivity index (χ1) is 21.8. The standard InChI is InChI=1S/C35H40N4O6/c1-21-11-23-17-36-27-15-31(29(42-5)13-25(27)33(40)38(23)18-21)44-10-8-6-7-9-43-30-14-26-24(12-28(30)41-4)32-34(45-32)39-19-22(2)16-35(39,3)20-37-26/h12-15,17-20,23,32,34H,6-11,16H2,1-5H3/t23-,32?,34?,35-/m0/s1. The molecule has 0 N–H and O–H groups in total. The molecule has 0 aliphatic carbocycles. The van der Waals surface area contributed by atoms with Gasteiger partial charge in [-0.3, -0.25) is 14.8 Å². The zero-order valence-corrected chi connectivity index (χ0v) is 26.5. The molecule has 1 saturated heterocycles. The quantitative estimate of drug-likeness (QED) is 0.219. The summed E-state index contributed by atoms with van der Waals surface area (Å²) in [5, 5.41) is 0. The zero-order chi connectivity index (χ0) is 31.3. The van der Waals surface area contributed by atoms with E-state index < -0.39 is 0 Å². The lowest BCUT2D eigenvalue weighted by atomic mass is 9.96. The van der Waals surface area contributed by atoms with E-state index in [1.807, 2.05) is 37.7 Å². The van der Waals surface area contributed by atoms with Gasteiger partial charge in [-0.15, -0.1) is 0 Å². The van der Waals surface area contributed by atoms with Crippen LogP contribution >= 0.6 is 0 Å². The van der Waals surface area contributed by atoms with Crippen molar-refractivity contribution in [2.75, 3.05) is 27.4 Å². The molecule has 236 valence electrons. The number of hydrogen-bond acceptors (Lipinski definition) is 9. The predicted octanol–water partition coefficient (Wildman–Crippen LogP) is 6.65. The van der Waals surface area contributed by atoms with Gasteiger partial charge in [-0.05, 0) is 65.0 Å². The van der Waals surface area contributed by atoms with Gasteiger partial charge in [0.05, 0.1) is 56.0 Å². The van der Waals surface area contributed by atoms with Crippen molar-refractivity contribution >= 4 is 29.7 Å². The fraction of sp³-hybridized carbons (Fsp3) is 0.457. The number of carbonyl (C=O) groups excluding carboxylic acids is 1. The summed E-state index contributed by atoms with van der Waals surface area (Å²) in [6.45, 7) is 7.44. The summed E-state index contributed by atoms with van der Waals surface area (Å²) < 4.78 is 29.7. The van der Waals surface area contributed by atoms with Crippen LogP contribution < -0.4 is 18.9 Å². The Morgan fingerprint density at radius 1 is 0.889 bits per heavy atom. The predicted molar refractivity (Wildman–Crippen MR) is 172 cm³/mol. The summed E-state index contributed by atoms with van der Waals surface area (Å²) in [6.07, 6.45) is 12.3. The fourth-order valence-corrected chi connectivity index (χ4v) is 6.79. The van der Waals surface area contributed by atoms with Gasteiger partial charge in [0, 0.05) is 42.5 Å². The van der Waals surface area contributed by atoms with Crippen LogP contribution in [0.4, 0.5) is 11.4 Å². The van der Waals surface area contributed by atoms with Crippen LogP contribution in [-0.2, 0) is 4.74 Å². The average molecular weight is 613 g/mol. The van der Waals surface area contributed by atoms with Crippen LogP contribution in [0.3, 0.4) is 0 Å². The number of nitrogens with zero attached hydrogens (tertiary/aromatic N) is 4. The largest absolute Gasteiger partial charge is 0.493 e. The van der Waals surface area contributed by atoms with Gasteiger partial charge in [0.2, 0.25) is 0 Å². The van der Waals surface area contributed by atoms with Gasteiger partial charge in [-0.1, -0.05) is 11.1 Å². The van der Waals surface area contributed by atoms with Crippen molar-refractivity contribution in [1.29, 1.82) is 0 Å². The zero-order valence-electron chi connectivity index (χ0n) is 26.5. The van der Waals surface area contributed by atoms with E-state index >= 15 is 0 Å². The summed E-state index contributed by atoms with van der Waals surface area (Å²) >= 11 is 0. The summed E-state index contributed by atoms with van der Waals surface area (Å²) in [5.74, 6) is 2.40. The molecule has 2 unspecified atom stereocenters. The van der Waals surface area contributed by atoms with E-state index in [-0.39, 0.29) is 29.8 Å². The Kier molecular flexibility index (Phi) is 7.55. The highest BCUT2D eigenvalue weighted by molar-refractivity contribution is 6.04. The molecule has 7 rings (SSSR count). The molecule has 0 radical (unpaired) electrons. The third kappa shape index (κ3) is 5.45.